The molecule has 334 valence electrons. The Morgan fingerprint density at radius 3 is 1.48 bits per heavy atom. The molecule has 2 saturated heterocycles. The van der Waals surface area contributed by atoms with Gasteiger partial charge in [-0.15, -0.1) is 0 Å². The molecule has 2 aliphatic heterocycles. The highest BCUT2D eigenvalue weighted by Crippen LogP contribution is 2.47. The first-order valence-corrected chi connectivity index (χ1v) is 25.1. The van der Waals surface area contributed by atoms with E-state index in [0.717, 1.165) is 83.2 Å². The third kappa shape index (κ3) is 11.1. The molecule has 2 aliphatic carbocycles. The molecule has 8 rings (SSSR count). The van der Waals surface area contributed by atoms with Crippen molar-refractivity contribution in [2.24, 2.45) is 11.8 Å². The predicted molar refractivity (Wildman–Crippen MR) is 254 cm³/mol. The van der Waals surface area contributed by atoms with Crippen LogP contribution in [0.1, 0.15) is 123 Å². The van der Waals surface area contributed by atoms with Gasteiger partial charge in [-0.25, -0.2) is 25.4 Å². The zero-order valence-corrected chi connectivity index (χ0v) is 37.2. The number of hydrogen-bond acceptors (Lipinski definition) is 8. The highest BCUT2D eigenvalue weighted by molar-refractivity contribution is 7.88. The van der Waals surface area contributed by atoms with Crippen molar-refractivity contribution >= 4 is 72.8 Å². The van der Waals surface area contributed by atoms with Crippen molar-refractivity contribution in [1.29, 1.82) is 0 Å². The van der Waals surface area contributed by atoms with E-state index in [-0.39, 0.29) is 39.2 Å². The van der Waals surface area contributed by atoms with Gasteiger partial charge in [-0.1, -0.05) is 74.5 Å². The molecule has 0 spiro atoms. The number of carbonyl (C=O) groups is 1. The number of aldehydes is 1. The summed E-state index contributed by atoms with van der Waals surface area (Å²) in [6, 6.07) is 20.0. The molecule has 0 radical (unpaired) electrons. The van der Waals surface area contributed by atoms with Gasteiger partial charge in [0.15, 0.2) is 0 Å². The van der Waals surface area contributed by atoms with Gasteiger partial charge < -0.3 is 9.90 Å². The quantitative estimate of drug-likeness (QED) is 0.155. The van der Waals surface area contributed by atoms with Crippen LogP contribution in [0.25, 0.3) is 23.3 Å². The minimum Gasteiger partial charge on any atom is -0.396 e. The van der Waals surface area contributed by atoms with Gasteiger partial charge in [0.25, 0.3) is 0 Å². The van der Waals surface area contributed by atoms with Gasteiger partial charge in [-0.3, -0.25) is 9.97 Å². The van der Waals surface area contributed by atoms with Crippen LogP contribution in [0.2, 0.25) is 10.0 Å². The molecule has 2 atom stereocenters. The number of fused-ring (bicyclic) bond motifs is 4. The summed E-state index contributed by atoms with van der Waals surface area (Å²) in [7, 11) is -6.34. The Balaban J connectivity index is 0.000000227. The first-order chi connectivity index (χ1) is 28.8. The third-order valence-electron chi connectivity index (χ3n) is 12.4. The first-order valence-electron chi connectivity index (χ1n) is 20.6. The Hall–Kier alpha value is -3.75. The van der Waals surface area contributed by atoms with Crippen LogP contribution in [0.4, 0.5) is 0 Å². The van der Waals surface area contributed by atoms with Crippen LogP contribution in [-0.2, 0) is 24.8 Å². The smallest absolute Gasteiger partial charge is 0.211 e. The number of nitrogens with zero attached hydrogens (tertiary/aromatic N) is 4. The highest BCUT2D eigenvalue weighted by Gasteiger charge is 2.37. The molecule has 2 unspecified atom stereocenters. The van der Waals surface area contributed by atoms with Crippen molar-refractivity contribution < 1.29 is 26.7 Å². The average molecular weight is 924 g/mol. The first kappa shape index (κ1) is 49.3. The molecule has 0 bridgehead atoms. The molecular formula is C48H60Cl2N4O6S2. The van der Waals surface area contributed by atoms with E-state index in [4.69, 9.17) is 33.2 Å². The number of allylic oxidation sites excluding steroid dienone is 2. The minimum atomic E-state index is -3.18. The van der Waals surface area contributed by atoms with Crippen molar-refractivity contribution in [3.63, 3.8) is 0 Å². The number of carbonyl (C=O) groups excluding carboxylic acids is 1. The van der Waals surface area contributed by atoms with Crippen molar-refractivity contribution in [3.8, 4) is 0 Å². The summed E-state index contributed by atoms with van der Waals surface area (Å²) >= 11 is 12.7. The van der Waals surface area contributed by atoms with Crippen LogP contribution in [0.5, 0.6) is 0 Å². The SMILES string of the molecule is C.C.CS(=O)(=O)N1CCC(C2c3ccc(Cl)cc3C=C(CCC=O)c3cccnc32)CC1.CS(=O)(=O)N1CCC(C2c3ccc(Cl)cc3C=C(CCCO)c3cccnc32)CC1. The van der Waals surface area contributed by atoms with Crippen molar-refractivity contribution in [3.05, 3.63) is 128 Å². The lowest BCUT2D eigenvalue weighted by molar-refractivity contribution is -0.107. The van der Waals surface area contributed by atoms with Crippen LogP contribution in [-0.4, -0.2) is 92.1 Å². The zero-order valence-electron chi connectivity index (χ0n) is 34.0. The van der Waals surface area contributed by atoms with E-state index in [0.29, 0.717) is 61.4 Å². The summed E-state index contributed by atoms with van der Waals surface area (Å²) in [4.78, 5) is 20.7. The second kappa shape index (κ2) is 21.3. The Morgan fingerprint density at radius 2 is 1.10 bits per heavy atom. The van der Waals surface area contributed by atoms with E-state index in [1.54, 1.807) is 8.61 Å². The molecule has 1 N–H and O–H groups in total. The molecule has 4 aromatic rings. The van der Waals surface area contributed by atoms with Gasteiger partial charge in [0.05, 0.1) is 23.9 Å². The van der Waals surface area contributed by atoms with Crippen LogP contribution < -0.4 is 0 Å². The van der Waals surface area contributed by atoms with Gasteiger partial charge in [0.1, 0.15) is 6.29 Å². The molecule has 62 heavy (non-hydrogen) atoms. The molecule has 0 saturated carbocycles. The second-order valence-electron chi connectivity index (χ2n) is 16.2. The molecular weight excluding hydrogens is 864 g/mol. The Bertz CT molecular complexity index is 2500. The summed E-state index contributed by atoms with van der Waals surface area (Å²) in [6.07, 6.45) is 17.2. The molecule has 2 fully saturated rings. The van der Waals surface area contributed by atoms with E-state index < -0.39 is 20.0 Å². The van der Waals surface area contributed by atoms with E-state index in [2.05, 4.69) is 36.4 Å². The number of aromatic nitrogens is 2. The van der Waals surface area contributed by atoms with Crippen molar-refractivity contribution in [2.75, 3.05) is 45.3 Å². The number of benzene rings is 2. The fraction of sp³-hybridized carbons (Fsp3) is 0.438. The maximum Gasteiger partial charge on any atom is 0.211 e. The van der Waals surface area contributed by atoms with E-state index >= 15 is 0 Å². The number of hydrogen-bond donors (Lipinski definition) is 1. The van der Waals surface area contributed by atoms with Gasteiger partial charge in [0.2, 0.25) is 20.0 Å². The second-order valence-corrected chi connectivity index (χ2v) is 21.1. The number of piperidine rings is 2. The molecule has 2 aromatic carbocycles. The lowest BCUT2D eigenvalue weighted by Gasteiger charge is -2.35. The monoisotopic (exact) mass is 922 g/mol. The normalized spacial score (nSPS) is 19.5. The van der Waals surface area contributed by atoms with Crippen molar-refractivity contribution in [1.82, 2.24) is 18.6 Å². The Morgan fingerprint density at radius 1 is 0.677 bits per heavy atom. The topological polar surface area (TPSA) is 138 Å². The maximum atomic E-state index is 12.0. The summed E-state index contributed by atoms with van der Waals surface area (Å²) in [5, 5.41) is 10.7. The van der Waals surface area contributed by atoms with Gasteiger partial charge >= 0.3 is 0 Å². The summed E-state index contributed by atoms with van der Waals surface area (Å²) in [5.74, 6) is 0.704. The van der Waals surface area contributed by atoms with Gasteiger partial charge in [-0.2, -0.15) is 0 Å². The number of halogens is 2. The molecule has 14 heteroatoms. The van der Waals surface area contributed by atoms with Gasteiger partial charge in [0, 0.05) is 73.5 Å². The van der Waals surface area contributed by atoms with Gasteiger partial charge in [-0.05, 0) is 138 Å². The number of sulfonamides is 2. The lowest BCUT2D eigenvalue weighted by Crippen LogP contribution is -2.39. The zero-order chi connectivity index (χ0) is 42.6. The molecule has 4 heterocycles. The van der Waals surface area contributed by atoms with E-state index in [1.165, 1.54) is 23.6 Å². The average Bonchev–Trinajstić information content (AvgIpc) is 3.45. The molecule has 10 nitrogen and oxygen atoms in total. The molecule has 2 aromatic heterocycles. The predicted octanol–water partition coefficient (Wildman–Crippen LogP) is 9.81. The maximum absolute atomic E-state index is 12.0. The number of aliphatic hydroxyl groups is 1. The largest absolute Gasteiger partial charge is 0.396 e. The van der Waals surface area contributed by atoms with Crippen LogP contribution in [0.15, 0.2) is 73.1 Å². The molecule has 4 aliphatic rings. The summed E-state index contributed by atoms with van der Waals surface area (Å²) < 4.78 is 51.0. The summed E-state index contributed by atoms with van der Waals surface area (Å²) in [5.41, 5.74) is 11.0. The Kier molecular flexibility index (Phi) is 16.9. The minimum absolute atomic E-state index is 0. The van der Waals surface area contributed by atoms with Crippen LogP contribution in [0.3, 0.4) is 0 Å². The lowest BCUT2D eigenvalue weighted by atomic mass is 9.76. The third-order valence-corrected chi connectivity index (χ3v) is 15.5. The van der Waals surface area contributed by atoms with E-state index in [1.807, 2.05) is 48.8 Å². The standard InChI is InChI=1S/C23H27ClN2O3S.C23H25ClN2O3S.2CH4/c2*1-30(28,29)26-11-8-16(9-12-26)22-20-7-6-19(24)15-18(20)14-17(4-3-13-27)21-5-2-10-25-23(21)22;;/h2,5-7,10,14-16,22,27H,3-4,8-9,11-13H2,1H3;2,5-7,10,13-16,22H,3-4,8-9,11-12H2,1H3;2*1H4. The Labute approximate surface area is 379 Å². The van der Waals surface area contributed by atoms with Crippen LogP contribution in [0, 0.1) is 11.8 Å². The number of pyridine rings is 2. The highest BCUT2D eigenvalue weighted by atomic mass is 35.5. The number of rotatable bonds is 10. The summed E-state index contributed by atoms with van der Waals surface area (Å²) in [6.45, 7) is 2.27. The fourth-order valence-corrected chi connectivity index (χ4v) is 11.6. The van der Waals surface area contributed by atoms with E-state index in [9.17, 15) is 26.7 Å². The van der Waals surface area contributed by atoms with Crippen molar-refractivity contribution in [2.45, 2.75) is 78.1 Å². The molecule has 0 amide bonds. The van der Waals surface area contributed by atoms with Crippen LogP contribution >= 0.6 is 23.2 Å². The fourth-order valence-electron chi connectivity index (χ4n) is 9.54. The number of aliphatic hydroxyl groups excluding tert-OH is 1.